The van der Waals surface area contributed by atoms with Gasteiger partial charge in [0.1, 0.15) is 0 Å². The van der Waals surface area contributed by atoms with Crippen LogP contribution < -0.4 is 11.5 Å². The Hall–Kier alpha value is -0.610. The second-order valence-corrected chi connectivity index (χ2v) is 4.41. The van der Waals surface area contributed by atoms with E-state index in [-0.39, 0.29) is 6.04 Å². The van der Waals surface area contributed by atoms with E-state index in [2.05, 4.69) is 11.8 Å². The van der Waals surface area contributed by atoms with Crippen LogP contribution in [-0.4, -0.2) is 36.0 Å². The summed E-state index contributed by atoms with van der Waals surface area (Å²) in [5.74, 6) is 0.294. The molecule has 3 unspecified atom stereocenters. The van der Waals surface area contributed by atoms with E-state index < -0.39 is 11.9 Å². The summed E-state index contributed by atoms with van der Waals surface area (Å²) >= 11 is 0. The molecule has 0 aliphatic carbocycles. The molecule has 14 heavy (non-hydrogen) atoms. The monoisotopic (exact) mass is 199 g/mol. The van der Waals surface area contributed by atoms with Crippen LogP contribution in [0.2, 0.25) is 0 Å². The smallest absolute Gasteiger partial charge is 0.235 e. The van der Waals surface area contributed by atoms with Gasteiger partial charge in [-0.25, -0.2) is 0 Å². The van der Waals surface area contributed by atoms with Gasteiger partial charge in [0.05, 0.1) is 6.04 Å². The first kappa shape index (κ1) is 11.5. The largest absolute Gasteiger partial charge is 0.368 e. The maximum Gasteiger partial charge on any atom is 0.235 e. The number of carbonyl (C=O) groups is 1. The molecule has 1 heterocycles. The number of hydrogen-bond acceptors (Lipinski definition) is 3. The summed E-state index contributed by atoms with van der Waals surface area (Å²) in [5.41, 5.74) is 10.9. The number of hydrogen-bond donors (Lipinski definition) is 2. The van der Waals surface area contributed by atoms with Crippen LogP contribution in [0.1, 0.15) is 26.7 Å². The second kappa shape index (κ2) is 4.75. The van der Waals surface area contributed by atoms with E-state index in [9.17, 15) is 4.79 Å². The number of amides is 1. The van der Waals surface area contributed by atoms with Crippen LogP contribution in [0.3, 0.4) is 0 Å². The molecule has 1 rings (SSSR count). The topological polar surface area (TPSA) is 72.3 Å². The predicted octanol–water partition coefficient (Wildman–Crippen LogP) is -0.0806. The minimum absolute atomic E-state index is 0.0650. The Morgan fingerprint density at radius 3 is 2.71 bits per heavy atom. The number of nitrogens with two attached hydrogens (primary N) is 2. The fraction of sp³-hybridized carbons (Fsp3) is 0.900. The summed E-state index contributed by atoms with van der Waals surface area (Å²) in [6.45, 7) is 6.27. The van der Waals surface area contributed by atoms with Crippen LogP contribution in [0.25, 0.3) is 0 Å². The molecule has 0 spiro atoms. The molecule has 0 aromatic carbocycles. The highest BCUT2D eigenvalue weighted by Crippen LogP contribution is 2.18. The van der Waals surface area contributed by atoms with Gasteiger partial charge in [-0.2, -0.15) is 0 Å². The third-order valence-corrected chi connectivity index (χ3v) is 3.11. The van der Waals surface area contributed by atoms with Crippen molar-refractivity contribution in [3.63, 3.8) is 0 Å². The Morgan fingerprint density at radius 2 is 2.21 bits per heavy atom. The first-order valence-corrected chi connectivity index (χ1v) is 5.31. The van der Waals surface area contributed by atoms with Crippen molar-refractivity contribution in [1.82, 2.24) is 4.90 Å². The maximum atomic E-state index is 10.9. The SMILES string of the molecule is CC1CCCN(C(C)C(N)C(N)=O)C1. The average molecular weight is 199 g/mol. The number of rotatable bonds is 3. The van der Waals surface area contributed by atoms with E-state index in [1.165, 1.54) is 12.8 Å². The lowest BCUT2D eigenvalue weighted by Gasteiger charge is -2.37. The molecule has 0 radical (unpaired) electrons. The third kappa shape index (κ3) is 2.69. The van der Waals surface area contributed by atoms with Gasteiger partial charge in [0.2, 0.25) is 5.91 Å². The van der Waals surface area contributed by atoms with Crippen molar-refractivity contribution in [3.8, 4) is 0 Å². The van der Waals surface area contributed by atoms with Crippen molar-refractivity contribution in [3.05, 3.63) is 0 Å². The zero-order valence-corrected chi connectivity index (χ0v) is 9.07. The molecule has 1 fully saturated rings. The van der Waals surface area contributed by atoms with Crippen molar-refractivity contribution in [2.75, 3.05) is 13.1 Å². The van der Waals surface area contributed by atoms with Crippen molar-refractivity contribution >= 4 is 5.91 Å². The van der Waals surface area contributed by atoms with Crippen molar-refractivity contribution in [2.24, 2.45) is 17.4 Å². The maximum absolute atomic E-state index is 10.9. The lowest BCUT2D eigenvalue weighted by atomic mass is 9.97. The molecule has 1 saturated heterocycles. The fourth-order valence-corrected chi connectivity index (χ4v) is 2.06. The quantitative estimate of drug-likeness (QED) is 0.667. The Bertz CT molecular complexity index is 208. The van der Waals surface area contributed by atoms with Crippen LogP contribution in [0, 0.1) is 5.92 Å². The summed E-state index contributed by atoms with van der Waals surface area (Å²) in [6, 6.07) is -0.476. The van der Waals surface area contributed by atoms with Gasteiger partial charge >= 0.3 is 0 Å². The summed E-state index contributed by atoms with van der Waals surface area (Å²) in [4.78, 5) is 13.2. The van der Waals surface area contributed by atoms with Gasteiger partial charge in [0.25, 0.3) is 0 Å². The van der Waals surface area contributed by atoms with E-state index in [0.29, 0.717) is 5.92 Å². The van der Waals surface area contributed by atoms with E-state index in [0.717, 1.165) is 13.1 Å². The van der Waals surface area contributed by atoms with Crippen molar-refractivity contribution < 1.29 is 4.79 Å². The zero-order chi connectivity index (χ0) is 10.7. The molecule has 82 valence electrons. The predicted molar refractivity (Wildman–Crippen MR) is 56.6 cm³/mol. The fourth-order valence-electron chi connectivity index (χ4n) is 2.06. The molecular weight excluding hydrogens is 178 g/mol. The first-order valence-electron chi connectivity index (χ1n) is 5.31. The zero-order valence-electron chi connectivity index (χ0n) is 9.07. The van der Waals surface area contributed by atoms with Crippen LogP contribution >= 0.6 is 0 Å². The Labute approximate surface area is 85.6 Å². The third-order valence-electron chi connectivity index (χ3n) is 3.11. The highest BCUT2D eigenvalue weighted by Gasteiger charge is 2.27. The van der Waals surface area contributed by atoms with Gasteiger partial charge in [-0.1, -0.05) is 6.92 Å². The highest BCUT2D eigenvalue weighted by molar-refractivity contribution is 5.80. The minimum atomic E-state index is -0.541. The number of primary amides is 1. The summed E-state index contributed by atoms with van der Waals surface area (Å²) in [5, 5.41) is 0. The van der Waals surface area contributed by atoms with Crippen LogP contribution in [0.15, 0.2) is 0 Å². The van der Waals surface area contributed by atoms with Crippen LogP contribution in [0.4, 0.5) is 0 Å². The van der Waals surface area contributed by atoms with Gasteiger partial charge in [-0.3, -0.25) is 9.69 Å². The van der Waals surface area contributed by atoms with Gasteiger partial charge in [-0.05, 0) is 32.2 Å². The second-order valence-electron chi connectivity index (χ2n) is 4.41. The molecule has 1 aliphatic heterocycles. The molecule has 4 heteroatoms. The van der Waals surface area contributed by atoms with Gasteiger partial charge in [0.15, 0.2) is 0 Å². The molecule has 1 aliphatic rings. The van der Waals surface area contributed by atoms with Gasteiger partial charge < -0.3 is 11.5 Å². The number of nitrogens with zero attached hydrogens (tertiary/aromatic N) is 1. The summed E-state index contributed by atoms with van der Waals surface area (Å²) in [7, 11) is 0. The Kier molecular flexibility index (Phi) is 3.89. The van der Waals surface area contributed by atoms with Crippen molar-refractivity contribution in [2.45, 2.75) is 38.8 Å². The molecule has 3 atom stereocenters. The molecular formula is C10H21N3O. The minimum Gasteiger partial charge on any atom is -0.368 e. The standard InChI is InChI=1S/C10H21N3O/c1-7-4-3-5-13(6-7)8(2)9(11)10(12)14/h7-9H,3-6,11H2,1-2H3,(H2,12,14). The number of piperidine rings is 1. The van der Waals surface area contributed by atoms with E-state index in [1.54, 1.807) is 0 Å². The molecule has 1 amide bonds. The molecule has 0 bridgehead atoms. The van der Waals surface area contributed by atoms with E-state index in [1.807, 2.05) is 6.92 Å². The first-order chi connectivity index (χ1) is 6.52. The molecule has 0 saturated carbocycles. The summed E-state index contributed by atoms with van der Waals surface area (Å²) in [6.07, 6.45) is 2.46. The van der Waals surface area contributed by atoms with Gasteiger partial charge in [-0.15, -0.1) is 0 Å². The number of carbonyl (C=O) groups excluding carboxylic acids is 1. The highest BCUT2D eigenvalue weighted by atomic mass is 16.1. The molecule has 0 aromatic heterocycles. The average Bonchev–Trinajstić information content (AvgIpc) is 2.15. The lowest BCUT2D eigenvalue weighted by Crippen LogP contribution is -2.54. The van der Waals surface area contributed by atoms with Crippen molar-refractivity contribution in [1.29, 1.82) is 0 Å². The van der Waals surface area contributed by atoms with Gasteiger partial charge in [0, 0.05) is 12.6 Å². The molecule has 4 N–H and O–H groups in total. The normalized spacial score (nSPS) is 28.4. The Morgan fingerprint density at radius 1 is 1.57 bits per heavy atom. The Balaban J connectivity index is 2.50. The van der Waals surface area contributed by atoms with Crippen LogP contribution in [0.5, 0.6) is 0 Å². The van der Waals surface area contributed by atoms with E-state index in [4.69, 9.17) is 11.5 Å². The molecule has 4 nitrogen and oxygen atoms in total. The number of likely N-dealkylation sites (tertiary alicyclic amines) is 1. The van der Waals surface area contributed by atoms with E-state index >= 15 is 0 Å². The van der Waals surface area contributed by atoms with Crippen LogP contribution in [-0.2, 0) is 4.79 Å². The molecule has 0 aromatic rings. The lowest BCUT2D eigenvalue weighted by molar-refractivity contribution is -0.120. The summed E-state index contributed by atoms with van der Waals surface area (Å²) < 4.78 is 0.